The van der Waals surface area contributed by atoms with E-state index in [9.17, 15) is 0 Å². The van der Waals surface area contributed by atoms with Gasteiger partial charge in [-0.25, -0.2) is 0 Å². The largest absolute Gasteiger partial charge is 0.497 e. The van der Waals surface area contributed by atoms with Crippen LogP contribution in [-0.2, 0) is 11.2 Å². The number of halogens is 1. The minimum Gasteiger partial charge on any atom is -0.497 e. The highest BCUT2D eigenvalue weighted by atomic mass is 79.9. The lowest BCUT2D eigenvalue weighted by atomic mass is 9.97. The summed E-state index contributed by atoms with van der Waals surface area (Å²) in [5.74, 6) is 1.60. The topological polar surface area (TPSA) is 18.5 Å². The Labute approximate surface area is 112 Å². The molecule has 2 nitrogen and oxygen atoms in total. The van der Waals surface area contributed by atoms with Crippen molar-refractivity contribution in [2.45, 2.75) is 19.3 Å². The summed E-state index contributed by atoms with van der Waals surface area (Å²) in [4.78, 5) is 0. The molecular weight excluding hydrogens is 280 g/mol. The molecule has 0 radical (unpaired) electrons. The molecule has 3 heteroatoms. The molecule has 1 unspecified atom stereocenters. The molecule has 0 spiro atoms. The number of benzene rings is 1. The molecule has 1 rings (SSSR count). The van der Waals surface area contributed by atoms with E-state index in [1.54, 1.807) is 14.2 Å². The third kappa shape index (κ3) is 5.55. The highest BCUT2D eigenvalue weighted by Crippen LogP contribution is 2.19. The van der Waals surface area contributed by atoms with Crippen LogP contribution < -0.4 is 4.74 Å². The van der Waals surface area contributed by atoms with Crippen molar-refractivity contribution in [3.05, 3.63) is 29.8 Å². The van der Waals surface area contributed by atoms with Gasteiger partial charge in [0.2, 0.25) is 0 Å². The van der Waals surface area contributed by atoms with Crippen LogP contribution in [0.3, 0.4) is 0 Å². The van der Waals surface area contributed by atoms with E-state index in [0.717, 1.165) is 30.5 Å². The SMILES string of the molecule is COCCCC(CBr)Cc1ccc(OC)cc1. The fraction of sp³-hybridized carbons (Fsp3) is 0.571. The molecule has 0 amide bonds. The second-order valence-electron chi connectivity index (χ2n) is 4.21. The van der Waals surface area contributed by atoms with Gasteiger partial charge >= 0.3 is 0 Å². The van der Waals surface area contributed by atoms with Crippen LogP contribution in [0.2, 0.25) is 0 Å². The van der Waals surface area contributed by atoms with Crippen molar-refractivity contribution in [3.8, 4) is 5.75 Å². The Hall–Kier alpha value is -0.540. The van der Waals surface area contributed by atoms with Crippen molar-refractivity contribution in [2.24, 2.45) is 5.92 Å². The molecule has 0 aliphatic carbocycles. The maximum Gasteiger partial charge on any atom is 0.118 e. The fourth-order valence-electron chi connectivity index (χ4n) is 1.85. The van der Waals surface area contributed by atoms with E-state index in [1.165, 1.54) is 12.0 Å². The number of rotatable bonds is 8. The van der Waals surface area contributed by atoms with E-state index in [4.69, 9.17) is 9.47 Å². The first-order valence-electron chi connectivity index (χ1n) is 5.98. The molecule has 0 saturated heterocycles. The monoisotopic (exact) mass is 300 g/mol. The van der Waals surface area contributed by atoms with E-state index in [0.29, 0.717) is 5.92 Å². The highest BCUT2D eigenvalue weighted by Gasteiger charge is 2.08. The minimum atomic E-state index is 0.679. The van der Waals surface area contributed by atoms with Crippen LogP contribution >= 0.6 is 15.9 Å². The van der Waals surface area contributed by atoms with Crippen molar-refractivity contribution >= 4 is 15.9 Å². The van der Waals surface area contributed by atoms with Crippen LogP contribution in [0.1, 0.15) is 18.4 Å². The smallest absolute Gasteiger partial charge is 0.118 e. The first kappa shape index (κ1) is 14.5. The van der Waals surface area contributed by atoms with E-state index < -0.39 is 0 Å². The molecule has 0 aliphatic rings. The van der Waals surface area contributed by atoms with Crippen molar-refractivity contribution in [3.63, 3.8) is 0 Å². The number of alkyl halides is 1. The normalized spacial score (nSPS) is 12.4. The number of ether oxygens (including phenoxy) is 2. The molecule has 0 heterocycles. The quantitative estimate of drug-likeness (QED) is 0.539. The van der Waals surface area contributed by atoms with Crippen LogP contribution in [0, 0.1) is 5.92 Å². The molecule has 0 N–H and O–H groups in total. The van der Waals surface area contributed by atoms with Gasteiger partial charge in [-0.1, -0.05) is 28.1 Å². The van der Waals surface area contributed by atoms with Crippen LogP contribution in [-0.4, -0.2) is 26.2 Å². The lowest BCUT2D eigenvalue weighted by molar-refractivity contribution is 0.188. The van der Waals surface area contributed by atoms with Gasteiger partial charge < -0.3 is 9.47 Å². The summed E-state index contributed by atoms with van der Waals surface area (Å²) in [6.45, 7) is 0.853. The Morgan fingerprint density at radius 1 is 1.18 bits per heavy atom. The summed E-state index contributed by atoms with van der Waals surface area (Å²) in [7, 11) is 3.45. The van der Waals surface area contributed by atoms with Crippen LogP contribution in [0.5, 0.6) is 5.75 Å². The van der Waals surface area contributed by atoms with Crippen molar-refractivity contribution < 1.29 is 9.47 Å². The van der Waals surface area contributed by atoms with Gasteiger partial charge in [-0.3, -0.25) is 0 Å². The minimum absolute atomic E-state index is 0.679. The second kappa shape index (κ2) is 8.54. The summed E-state index contributed by atoms with van der Waals surface area (Å²) < 4.78 is 10.2. The van der Waals surface area contributed by atoms with E-state index in [1.807, 2.05) is 12.1 Å². The van der Waals surface area contributed by atoms with Gasteiger partial charge in [0.25, 0.3) is 0 Å². The number of hydrogen-bond acceptors (Lipinski definition) is 2. The predicted octanol–water partition coefficient (Wildman–Crippen LogP) is 3.68. The molecule has 0 aliphatic heterocycles. The predicted molar refractivity (Wildman–Crippen MR) is 75.1 cm³/mol. The molecule has 17 heavy (non-hydrogen) atoms. The zero-order valence-electron chi connectivity index (χ0n) is 10.6. The first-order chi connectivity index (χ1) is 8.30. The molecule has 1 aromatic rings. The summed E-state index contributed by atoms with van der Waals surface area (Å²) >= 11 is 3.59. The fourth-order valence-corrected chi connectivity index (χ4v) is 2.40. The van der Waals surface area contributed by atoms with Crippen LogP contribution in [0.25, 0.3) is 0 Å². The molecule has 96 valence electrons. The average molecular weight is 301 g/mol. The molecule has 0 fully saturated rings. The van der Waals surface area contributed by atoms with Gasteiger partial charge in [0.15, 0.2) is 0 Å². The number of methoxy groups -OCH3 is 2. The lowest BCUT2D eigenvalue weighted by Crippen LogP contribution is -2.07. The summed E-state index contributed by atoms with van der Waals surface area (Å²) in [5.41, 5.74) is 1.37. The maximum absolute atomic E-state index is 5.15. The molecular formula is C14H21BrO2. The Morgan fingerprint density at radius 2 is 1.88 bits per heavy atom. The average Bonchev–Trinajstić information content (AvgIpc) is 2.38. The maximum atomic E-state index is 5.15. The zero-order chi connectivity index (χ0) is 12.5. The van der Waals surface area contributed by atoms with Crippen molar-refractivity contribution in [1.29, 1.82) is 0 Å². The second-order valence-corrected chi connectivity index (χ2v) is 4.86. The van der Waals surface area contributed by atoms with Gasteiger partial charge in [0.1, 0.15) is 5.75 Å². The van der Waals surface area contributed by atoms with Crippen LogP contribution in [0.4, 0.5) is 0 Å². The molecule has 0 saturated carbocycles. The van der Waals surface area contributed by atoms with Gasteiger partial charge in [-0.05, 0) is 42.9 Å². The standard InChI is InChI=1S/C14H21BrO2/c1-16-9-3-4-13(11-15)10-12-5-7-14(17-2)8-6-12/h5-8,13H,3-4,9-11H2,1-2H3. The summed E-state index contributed by atoms with van der Waals surface area (Å²) in [6.07, 6.45) is 3.44. The Kier molecular flexibility index (Phi) is 7.29. The highest BCUT2D eigenvalue weighted by molar-refractivity contribution is 9.09. The Morgan fingerprint density at radius 3 is 2.41 bits per heavy atom. The van der Waals surface area contributed by atoms with E-state index in [-0.39, 0.29) is 0 Å². The molecule has 0 bridgehead atoms. The third-order valence-electron chi connectivity index (χ3n) is 2.86. The van der Waals surface area contributed by atoms with Gasteiger partial charge in [0, 0.05) is 19.0 Å². The zero-order valence-corrected chi connectivity index (χ0v) is 12.2. The Balaban J connectivity index is 2.43. The lowest BCUT2D eigenvalue weighted by Gasteiger charge is -2.14. The summed E-state index contributed by atoms with van der Waals surface area (Å²) in [6, 6.07) is 8.33. The molecule has 0 aromatic heterocycles. The first-order valence-corrected chi connectivity index (χ1v) is 7.10. The van der Waals surface area contributed by atoms with Crippen molar-refractivity contribution in [2.75, 3.05) is 26.2 Å². The molecule has 1 atom stereocenters. The van der Waals surface area contributed by atoms with Gasteiger partial charge in [-0.15, -0.1) is 0 Å². The molecule has 1 aromatic carbocycles. The van der Waals surface area contributed by atoms with Gasteiger partial charge in [-0.2, -0.15) is 0 Å². The van der Waals surface area contributed by atoms with Gasteiger partial charge in [0.05, 0.1) is 7.11 Å². The third-order valence-corrected chi connectivity index (χ3v) is 3.78. The Bertz CT molecular complexity index is 298. The van der Waals surface area contributed by atoms with Crippen molar-refractivity contribution in [1.82, 2.24) is 0 Å². The van der Waals surface area contributed by atoms with Crippen LogP contribution in [0.15, 0.2) is 24.3 Å². The summed E-state index contributed by atoms with van der Waals surface area (Å²) in [5, 5.41) is 1.04. The van der Waals surface area contributed by atoms with E-state index in [2.05, 4.69) is 28.1 Å². The van der Waals surface area contributed by atoms with E-state index >= 15 is 0 Å². The number of hydrogen-bond donors (Lipinski definition) is 0.